The molecular formula is C22H31N3O2. The van der Waals surface area contributed by atoms with Crippen LogP contribution in [0.15, 0.2) is 24.3 Å². The third kappa shape index (κ3) is 4.18. The number of nitrogens with one attached hydrogen (secondary N) is 1. The van der Waals surface area contributed by atoms with Gasteiger partial charge in [0, 0.05) is 37.7 Å². The van der Waals surface area contributed by atoms with Gasteiger partial charge in [-0.25, -0.2) is 0 Å². The number of hydrogen-bond acceptors (Lipinski definition) is 3. The number of benzene rings is 1. The van der Waals surface area contributed by atoms with Gasteiger partial charge in [-0.15, -0.1) is 0 Å². The molecule has 5 heteroatoms. The highest BCUT2D eigenvalue weighted by molar-refractivity contribution is 5.98. The Morgan fingerprint density at radius 1 is 1.11 bits per heavy atom. The zero-order valence-electron chi connectivity index (χ0n) is 16.2. The van der Waals surface area contributed by atoms with E-state index in [1.165, 1.54) is 45.2 Å². The molecule has 1 aromatic carbocycles. The molecule has 1 aromatic rings. The highest BCUT2D eigenvalue weighted by Gasteiger charge is 2.33. The molecule has 1 N–H and O–H groups in total. The quantitative estimate of drug-likeness (QED) is 0.839. The van der Waals surface area contributed by atoms with Crippen molar-refractivity contribution in [2.24, 2.45) is 5.92 Å². The van der Waals surface area contributed by atoms with Gasteiger partial charge in [0.2, 0.25) is 5.91 Å². The second-order valence-corrected chi connectivity index (χ2v) is 8.29. The van der Waals surface area contributed by atoms with E-state index in [1.54, 1.807) is 0 Å². The van der Waals surface area contributed by atoms with E-state index >= 15 is 0 Å². The maximum Gasteiger partial charge on any atom is 0.254 e. The van der Waals surface area contributed by atoms with Gasteiger partial charge in [-0.2, -0.15) is 0 Å². The number of rotatable bonds is 6. The highest BCUT2D eigenvalue weighted by Crippen LogP contribution is 2.30. The zero-order chi connectivity index (χ0) is 18.6. The maximum atomic E-state index is 12.4. The average molecular weight is 370 g/mol. The standard InChI is InChI=1S/C22H31N3O2/c26-21(23-15-17-8-5-13-24-12-4-3-10-20(17)24)11-6-14-25-16-18-7-1-2-9-19(18)22(25)27/h1-2,7,9,17,20H,3-6,8,10-16H2,(H,23,26)/t17-,20+/m0/s1. The fourth-order valence-corrected chi connectivity index (χ4v) is 5.07. The summed E-state index contributed by atoms with van der Waals surface area (Å²) in [5.74, 6) is 0.843. The van der Waals surface area contributed by atoms with E-state index in [0.717, 1.165) is 24.1 Å². The lowest BCUT2D eigenvalue weighted by Gasteiger charge is -2.44. The molecule has 0 aliphatic carbocycles. The Labute approximate surface area is 162 Å². The Kier molecular flexibility index (Phi) is 5.77. The van der Waals surface area contributed by atoms with Crippen LogP contribution >= 0.6 is 0 Å². The molecule has 0 saturated carbocycles. The van der Waals surface area contributed by atoms with Gasteiger partial charge in [0.15, 0.2) is 0 Å². The monoisotopic (exact) mass is 369 g/mol. The molecule has 0 spiro atoms. The fraction of sp³-hybridized carbons (Fsp3) is 0.636. The van der Waals surface area contributed by atoms with E-state index in [9.17, 15) is 9.59 Å². The first-order chi connectivity index (χ1) is 13.2. The predicted octanol–water partition coefficient (Wildman–Crippen LogP) is 2.80. The molecule has 27 heavy (non-hydrogen) atoms. The second kappa shape index (κ2) is 8.42. The smallest absolute Gasteiger partial charge is 0.254 e. The maximum absolute atomic E-state index is 12.4. The molecule has 2 atom stereocenters. The molecule has 2 saturated heterocycles. The topological polar surface area (TPSA) is 52.7 Å². The Morgan fingerprint density at radius 3 is 2.85 bits per heavy atom. The summed E-state index contributed by atoms with van der Waals surface area (Å²) in [5.41, 5.74) is 1.91. The van der Waals surface area contributed by atoms with Crippen LogP contribution in [0.1, 0.15) is 60.9 Å². The van der Waals surface area contributed by atoms with Crippen molar-refractivity contribution in [1.29, 1.82) is 0 Å². The largest absolute Gasteiger partial charge is 0.356 e. The lowest BCUT2D eigenvalue weighted by atomic mass is 9.83. The first-order valence-electron chi connectivity index (χ1n) is 10.6. The zero-order valence-corrected chi connectivity index (χ0v) is 16.2. The molecule has 2 amide bonds. The number of fused-ring (bicyclic) bond motifs is 2. The molecular weight excluding hydrogens is 338 g/mol. The summed E-state index contributed by atoms with van der Waals surface area (Å²) in [6, 6.07) is 8.46. The Morgan fingerprint density at radius 2 is 1.96 bits per heavy atom. The van der Waals surface area contributed by atoms with Crippen molar-refractivity contribution in [3.8, 4) is 0 Å². The molecule has 146 valence electrons. The molecule has 2 fully saturated rings. The Hall–Kier alpha value is -1.88. The van der Waals surface area contributed by atoms with E-state index in [0.29, 0.717) is 31.5 Å². The minimum absolute atomic E-state index is 0.102. The van der Waals surface area contributed by atoms with Crippen LogP contribution in [0.3, 0.4) is 0 Å². The molecule has 3 aliphatic heterocycles. The van der Waals surface area contributed by atoms with Crippen LogP contribution in [0.5, 0.6) is 0 Å². The summed E-state index contributed by atoms with van der Waals surface area (Å²) >= 11 is 0. The van der Waals surface area contributed by atoms with Crippen molar-refractivity contribution in [3.63, 3.8) is 0 Å². The molecule has 4 rings (SSSR count). The van der Waals surface area contributed by atoms with Gasteiger partial charge in [0.05, 0.1) is 0 Å². The van der Waals surface area contributed by atoms with Crippen LogP contribution in [0.4, 0.5) is 0 Å². The molecule has 3 aliphatic rings. The molecule has 0 bridgehead atoms. The van der Waals surface area contributed by atoms with Crippen molar-refractivity contribution < 1.29 is 9.59 Å². The summed E-state index contributed by atoms with van der Waals surface area (Å²) in [6.07, 6.45) is 7.67. The summed E-state index contributed by atoms with van der Waals surface area (Å²) < 4.78 is 0. The van der Waals surface area contributed by atoms with E-state index in [1.807, 2.05) is 29.2 Å². The summed E-state index contributed by atoms with van der Waals surface area (Å²) in [6.45, 7) is 4.62. The van der Waals surface area contributed by atoms with E-state index in [2.05, 4.69) is 10.2 Å². The second-order valence-electron chi connectivity index (χ2n) is 8.29. The predicted molar refractivity (Wildman–Crippen MR) is 105 cm³/mol. The summed E-state index contributed by atoms with van der Waals surface area (Å²) in [5, 5.41) is 3.17. The Balaban J connectivity index is 1.18. The minimum atomic E-state index is 0.102. The SMILES string of the molecule is O=C(CCCN1Cc2ccccc2C1=O)NC[C@@H]1CCCN2CCCC[C@H]12. The van der Waals surface area contributed by atoms with Crippen molar-refractivity contribution in [2.45, 2.75) is 57.5 Å². The molecule has 0 unspecified atom stereocenters. The summed E-state index contributed by atoms with van der Waals surface area (Å²) in [4.78, 5) is 29.1. The third-order valence-electron chi connectivity index (χ3n) is 6.52. The van der Waals surface area contributed by atoms with Gasteiger partial charge < -0.3 is 15.1 Å². The summed E-state index contributed by atoms with van der Waals surface area (Å²) in [7, 11) is 0. The van der Waals surface area contributed by atoms with Gasteiger partial charge in [-0.3, -0.25) is 9.59 Å². The first-order valence-corrected chi connectivity index (χ1v) is 10.6. The average Bonchev–Trinajstić information content (AvgIpc) is 3.02. The van der Waals surface area contributed by atoms with Gasteiger partial charge >= 0.3 is 0 Å². The molecule has 0 aromatic heterocycles. The van der Waals surface area contributed by atoms with Gasteiger partial charge in [0.1, 0.15) is 0 Å². The molecule has 3 heterocycles. The van der Waals surface area contributed by atoms with E-state index < -0.39 is 0 Å². The number of piperidine rings is 2. The van der Waals surface area contributed by atoms with E-state index in [4.69, 9.17) is 0 Å². The van der Waals surface area contributed by atoms with Crippen molar-refractivity contribution in [3.05, 3.63) is 35.4 Å². The number of amides is 2. The molecule has 5 nitrogen and oxygen atoms in total. The fourth-order valence-electron chi connectivity index (χ4n) is 5.07. The number of hydrogen-bond donors (Lipinski definition) is 1. The minimum Gasteiger partial charge on any atom is -0.356 e. The Bertz CT molecular complexity index is 688. The van der Waals surface area contributed by atoms with Crippen LogP contribution in [0.25, 0.3) is 0 Å². The van der Waals surface area contributed by atoms with Crippen molar-refractivity contribution in [1.82, 2.24) is 15.1 Å². The van der Waals surface area contributed by atoms with Crippen molar-refractivity contribution >= 4 is 11.8 Å². The van der Waals surface area contributed by atoms with Gasteiger partial charge in [0.25, 0.3) is 5.91 Å². The van der Waals surface area contributed by atoms with E-state index in [-0.39, 0.29) is 11.8 Å². The number of carbonyl (C=O) groups excluding carboxylic acids is 2. The number of carbonyl (C=O) groups is 2. The van der Waals surface area contributed by atoms with Crippen LogP contribution in [0, 0.1) is 5.92 Å². The van der Waals surface area contributed by atoms with Crippen LogP contribution in [0.2, 0.25) is 0 Å². The van der Waals surface area contributed by atoms with Crippen molar-refractivity contribution in [2.75, 3.05) is 26.2 Å². The third-order valence-corrected chi connectivity index (χ3v) is 6.52. The van der Waals surface area contributed by atoms with Crippen LogP contribution < -0.4 is 5.32 Å². The van der Waals surface area contributed by atoms with Gasteiger partial charge in [-0.1, -0.05) is 24.6 Å². The normalized spacial score (nSPS) is 25.2. The van der Waals surface area contributed by atoms with Gasteiger partial charge in [-0.05, 0) is 62.7 Å². The number of nitrogens with zero attached hydrogens (tertiary/aromatic N) is 2. The lowest BCUT2D eigenvalue weighted by molar-refractivity contribution is -0.121. The van der Waals surface area contributed by atoms with Crippen LogP contribution in [-0.4, -0.2) is 53.8 Å². The van der Waals surface area contributed by atoms with Crippen LogP contribution in [-0.2, 0) is 11.3 Å². The first kappa shape index (κ1) is 18.5. The highest BCUT2D eigenvalue weighted by atomic mass is 16.2. The molecule has 0 radical (unpaired) electrons. The lowest BCUT2D eigenvalue weighted by Crippen LogP contribution is -2.51.